The minimum absolute atomic E-state index is 0.268. The summed E-state index contributed by atoms with van der Waals surface area (Å²) in [6.45, 7) is 3.26. The molecule has 0 fully saturated rings. The molecule has 0 radical (unpaired) electrons. The highest BCUT2D eigenvalue weighted by atomic mass is 19.1. The average molecular weight is 194 g/mol. The molecule has 0 aliphatic carbocycles. The number of halogens is 1. The summed E-state index contributed by atoms with van der Waals surface area (Å²) in [5.74, 6) is -0.380. The highest BCUT2D eigenvalue weighted by Crippen LogP contribution is 2.26. The largest absolute Gasteiger partial charge is 0.384 e. The predicted octanol–water partition coefficient (Wildman–Crippen LogP) is 1.93. The lowest BCUT2D eigenvalue weighted by Crippen LogP contribution is -2.16. The first-order valence-electron chi connectivity index (χ1n) is 4.35. The zero-order valence-corrected chi connectivity index (χ0v) is 8.00. The van der Waals surface area contributed by atoms with Gasteiger partial charge in [0.2, 0.25) is 0 Å². The topological polar surface area (TPSA) is 48.9 Å². The number of nitrogens with one attached hydrogen (secondary N) is 1. The van der Waals surface area contributed by atoms with Crippen molar-refractivity contribution in [3.05, 3.63) is 29.7 Å². The van der Waals surface area contributed by atoms with Gasteiger partial charge in [0.1, 0.15) is 11.1 Å². The number of aromatic amines is 1. The number of rotatable bonds is 1. The quantitative estimate of drug-likeness (QED) is 0.728. The zero-order valence-electron chi connectivity index (χ0n) is 8.00. The van der Waals surface area contributed by atoms with E-state index in [1.54, 1.807) is 26.0 Å². The molecular weight excluding hydrogens is 183 g/mol. The Bertz CT molecular complexity index is 470. The van der Waals surface area contributed by atoms with Crippen LogP contribution in [0, 0.1) is 5.82 Å². The second-order valence-electron chi connectivity index (χ2n) is 3.79. The Balaban J connectivity index is 2.76. The Hall–Kier alpha value is -1.42. The molecule has 0 spiro atoms. The van der Waals surface area contributed by atoms with Crippen molar-refractivity contribution >= 4 is 10.9 Å². The van der Waals surface area contributed by atoms with Crippen LogP contribution in [-0.2, 0) is 5.60 Å². The maximum atomic E-state index is 13.2. The van der Waals surface area contributed by atoms with Crippen LogP contribution in [0.15, 0.2) is 18.2 Å². The summed E-state index contributed by atoms with van der Waals surface area (Å²) in [6, 6.07) is 4.68. The standard InChI is InChI=1S/C10H11FN2O/c1-10(2,14)9-6-4-3-5-7(11)8(6)12-13-9/h3-5,14H,1-2H3,(H,12,13). The number of fused-ring (bicyclic) bond motifs is 1. The van der Waals surface area contributed by atoms with E-state index in [9.17, 15) is 9.50 Å². The van der Waals surface area contributed by atoms with Gasteiger partial charge in [-0.2, -0.15) is 5.10 Å². The first kappa shape index (κ1) is 9.15. The number of hydrogen-bond donors (Lipinski definition) is 2. The monoisotopic (exact) mass is 194 g/mol. The fourth-order valence-electron chi connectivity index (χ4n) is 1.47. The summed E-state index contributed by atoms with van der Waals surface area (Å²) in [4.78, 5) is 0. The summed E-state index contributed by atoms with van der Waals surface area (Å²) in [7, 11) is 0. The highest BCUT2D eigenvalue weighted by molar-refractivity contribution is 5.82. The Kier molecular flexibility index (Phi) is 1.82. The summed E-state index contributed by atoms with van der Waals surface area (Å²) in [6.07, 6.45) is 0. The lowest BCUT2D eigenvalue weighted by molar-refractivity contribution is 0.0753. The number of para-hydroxylation sites is 1. The second-order valence-corrected chi connectivity index (χ2v) is 3.79. The van der Waals surface area contributed by atoms with E-state index in [1.807, 2.05) is 0 Å². The van der Waals surface area contributed by atoms with E-state index >= 15 is 0 Å². The van der Waals surface area contributed by atoms with Gasteiger partial charge in [-0.15, -0.1) is 0 Å². The normalized spacial score (nSPS) is 12.3. The molecule has 1 aromatic heterocycles. The third-order valence-electron chi connectivity index (χ3n) is 2.15. The number of H-pyrrole nitrogens is 1. The molecule has 0 aliphatic rings. The Morgan fingerprint density at radius 2 is 2.14 bits per heavy atom. The lowest BCUT2D eigenvalue weighted by atomic mass is 10.0. The molecule has 2 rings (SSSR count). The molecule has 0 amide bonds. The molecule has 74 valence electrons. The van der Waals surface area contributed by atoms with Crippen LogP contribution in [0.3, 0.4) is 0 Å². The van der Waals surface area contributed by atoms with Gasteiger partial charge in [-0.05, 0) is 19.9 Å². The molecule has 14 heavy (non-hydrogen) atoms. The number of aromatic nitrogens is 2. The molecule has 0 bridgehead atoms. The second kappa shape index (κ2) is 2.78. The number of nitrogens with zero attached hydrogens (tertiary/aromatic N) is 1. The van der Waals surface area contributed by atoms with Crippen LogP contribution in [0.1, 0.15) is 19.5 Å². The van der Waals surface area contributed by atoms with E-state index in [-0.39, 0.29) is 11.3 Å². The van der Waals surface area contributed by atoms with Gasteiger partial charge in [0.05, 0.1) is 5.69 Å². The van der Waals surface area contributed by atoms with Crippen molar-refractivity contribution in [3.63, 3.8) is 0 Å². The predicted molar refractivity (Wildman–Crippen MR) is 51.3 cm³/mol. The van der Waals surface area contributed by atoms with Gasteiger partial charge >= 0.3 is 0 Å². The molecule has 0 saturated heterocycles. The van der Waals surface area contributed by atoms with Crippen LogP contribution in [0.2, 0.25) is 0 Å². The molecule has 0 atom stereocenters. The molecule has 0 aliphatic heterocycles. The van der Waals surface area contributed by atoms with Crippen LogP contribution >= 0.6 is 0 Å². The minimum Gasteiger partial charge on any atom is -0.384 e. The van der Waals surface area contributed by atoms with Crippen molar-refractivity contribution in [2.75, 3.05) is 0 Å². The molecule has 2 aromatic rings. The van der Waals surface area contributed by atoms with Gasteiger partial charge in [-0.1, -0.05) is 12.1 Å². The molecule has 2 N–H and O–H groups in total. The van der Waals surface area contributed by atoms with Crippen LogP contribution in [0.4, 0.5) is 4.39 Å². The molecule has 1 aromatic carbocycles. The Morgan fingerprint density at radius 3 is 2.79 bits per heavy atom. The van der Waals surface area contributed by atoms with Crippen LogP contribution in [0.5, 0.6) is 0 Å². The summed E-state index contributed by atoms with van der Waals surface area (Å²) in [5.41, 5.74) is -0.237. The lowest BCUT2D eigenvalue weighted by Gasteiger charge is -2.14. The van der Waals surface area contributed by atoms with Crippen molar-refractivity contribution in [3.8, 4) is 0 Å². The van der Waals surface area contributed by atoms with Crippen LogP contribution in [0.25, 0.3) is 10.9 Å². The highest BCUT2D eigenvalue weighted by Gasteiger charge is 2.22. The van der Waals surface area contributed by atoms with Crippen molar-refractivity contribution < 1.29 is 9.50 Å². The number of benzene rings is 1. The van der Waals surface area contributed by atoms with Crippen molar-refractivity contribution in [2.45, 2.75) is 19.4 Å². The van der Waals surface area contributed by atoms with E-state index in [2.05, 4.69) is 10.2 Å². The van der Waals surface area contributed by atoms with E-state index in [1.165, 1.54) is 6.07 Å². The maximum Gasteiger partial charge on any atom is 0.151 e. The van der Waals surface area contributed by atoms with E-state index in [4.69, 9.17) is 0 Å². The van der Waals surface area contributed by atoms with Gasteiger partial charge in [0, 0.05) is 5.39 Å². The smallest absolute Gasteiger partial charge is 0.151 e. The third kappa shape index (κ3) is 1.28. The maximum absolute atomic E-state index is 13.2. The Labute approximate surface area is 80.6 Å². The summed E-state index contributed by atoms with van der Waals surface area (Å²) in [5, 5.41) is 16.9. The summed E-state index contributed by atoms with van der Waals surface area (Å²) >= 11 is 0. The summed E-state index contributed by atoms with van der Waals surface area (Å²) < 4.78 is 13.2. The zero-order chi connectivity index (χ0) is 10.3. The Morgan fingerprint density at radius 1 is 1.43 bits per heavy atom. The fraction of sp³-hybridized carbons (Fsp3) is 0.300. The molecule has 0 saturated carbocycles. The van der Waals surface area contributed by atoms with Crippen LogP contribution in [-0.4, -0.2) is 15.3 Å². The molecule has 3 nitrogen and oxygen atoms in total. The number of aliphatic hydroxyl groups is 1. The van der Waals surface area contributed by atoms with Crippen LogP contribution < -0.4 is 0 Å². The van der Waals surface area contributed by atoms with Crippen molar-refractivity contribution in [2.24, 2.45) is 0 Å². The van der Waals surface area contributed by atoms with Gasteiger partial charge in [0.25, 0.3) is 0 Å². The molecule has 4 heteroatoms. The van der Waals surface area contributed by atoms with E-state index < -0.39 is 5.60 Å². The van der Waals surface area contributed by atoms with Crippen molar-refractivity contribution in [1.29, 1.82) is 0 Å². The van der Waals surface area contributed by atoms with Gasteiger partial charge < -0.3 is 5.11 Å². The van der Waals surface area contributed by atoms with Gasteiger partial charge in [0.15, 0.2) is 5.82 Å². The third-order valence-corrected chi connectivity index (χ3v) is 2.15. The first-order valence-corrected chi connectivity index (χ1v) is 4.35. The fourth-order valence-corrected chi connectivity index (χ4v) is 1.47. The van der Waals surface area contributed by atoms with Crippen molar-refractivity contribution in [1.82, 2.24) is 10.2 Å². The molecular formula is C10H11FN2O. The molecule has 1 heterocycles. The van der Waals surface area contributed by atoms with E-state index in [0.29, 0.717) is 11.1 Å². The minimum atomic E-state index is -1.04. The SMILES string of the molecule is CC(C)(O)c1[nH]nc2c(F)cccc12. The van der Waals surface area contributed by atoms with Gasteiger partial charge in [-0.25, -0.2) is 4.39 Å². The van der Waals surface area contributed by atoms with E-state index in [0.717, 1.165) is 0 Å². The number of hydrogen-bond acceptors (Lipinski definition) is 2. The molecule has 0 unspecified atom stereocenters. The van der Waals surface area contributed by atoms with Gasteiger partial charge in [-0.3, -0.25) is 5.10 Å². The average Bonchev–Trinajstić information content (AvgIpc) is 2.47. The first-order chi connectivity index (χ1) is 6.50.